The predicted octanol–water partition coefficient (Wildman–Crippen LogP) is 1.67. The summed E-state index contributed by atoms with van der Waals surface area (Å²) >= 11 is 1.86. The van der Waals surface area contributed by atoms with Crippen molar-refractivity contribution in [2.75, 3.05) is 46.0 Å². The summed E-state index contributed by atoms with van der Waals surface area (Å²) in [4.78, 5) is 16.4. The van der Waals surface area contributed by atoms with E-state index in [9.17, 15) is 4.79 Å². The number of carbonyl (C=O) groups is 1. The van der Waals surface area contributed by atoms with Crippen molar-refractivity contribution >= 4 is 17.7 Å². The molecule has 0 radical (unpaired) electrons. The maximum atomic E-state index is 11.9. The van der Waals surface area contributed by atoms with E-state index in [1.807, 2.05) is 17.8 Å². The maximum Gasteiger partial charge on any atom is 0.234 e. The zero-order chi connectivity index (χ0) is 15.8. The first kappa shape index (κ1) is 17.3. The van der Waals surface area contributed by atoms with Crippen molar-refractivity contribution in [2.45, 2.75) is 18.2 Å². The molecule has 0 unspecified atom stereocenters. The first-order valence-corrected chi connectivity index (χ1v) is 9.08. The van der Waals surface area contributed by atoms with Gasteiger partial charge in [-0.05, 0) is 26.1 Å². The second-order valence-corrected chi connectivity index (χ2v) is 7.13. The topological polar surface area (TPSA) is 35.6 Å². The zero-order valence-electron chi connectivity index (χ0n) is 13.6. The Morgan fingerprint density at radius 1 is 1.36 bits per heavy atom. The van der Waals surface area contributed by atoms with Crippen LogP contribution in [-0.4, -0.2) is 67.8 Å². The predicted molar refractivity (Wildman–Crippen MR) is 94.1 cm³/mol. The average molecular weight is 321 g/mol. The van der Waals surface area contributed by atoms with Crippen LogP contribution >= 0.6 is 11.8 Å². The number of nitrogens with one attached hydrogen (secondary N) is 1. The summed E-state index contributed by atoms with van der Waals surface area (Å²) in [6.07, 6.45) is 1.16. The summed E-state index contributed by atoms with van der Waals surface area (Å²) in [5.41, 5.74) is 1.34. The third kappa shape index (κ3) is 5.99. The fourth-order valence-corrected chi connectivity index (χ4v) is 3.48. The number of likely N-dealkylation sites (tertiary alicyclic amines) is 1. The van der Waals surface area contributed by atoms with Crippen molar-refractivity contribution in [3.63, 3.8) is 0 Å². The van der Waals surface area contributed by atoms with Crippen LogP contribution in [0.1, 0.15) is 12.0 Å². The lowest BCUT2D eigenvalue weighted by molar-refractivity contribution is -0.121. The van der Waals surface area contributed by atoms with Gasteiger partial charge in [0.2, 0.25) is 5.91 Å². The van der Waals surface area contributed by atoms with E-state index in [1.165, 1.54) is 5.56 Å². The van der Waals surface area contributed by atoms with E-state index in [0.717, 1.165) is 37.6 Å². The van der Waals surface area contributed by atoms with Gasteiger partial charge in [0, 0.05) is 37.2 Å². The molecule has 5 heteroatoms. The van der Waals surface area contributed by atoms with E-state index in [2.05, 4.69) is 53.5 Å². The molecule has 0 aromatic heterocycles. The van der Waals surface area contributed by atoms with Gasteiger partial charge in [0.15, 0.2) is 0 Å². The molecule has 0 bridgehead atoms. The van der Waals surface area contributed by atoms with Crippen LogP contribution < -0.4 is 5.32 Å². The molecule has 1 amide bonds. The highest BCUT2D eigenvalue weighted by Gasteiger charge is 2.24. The molecule has 1 atom stereocenters. The van der Waals surface area contributed by atoms with Crippen LogP contribution in [0.3, 0.4) is 0 Å². The van der Waals surface area contributed by atoms with Crippen molar-refractivity contribution < 1.29 is 4.79 Å². The first-order valence-electron chi connectivity index (χ1n) is 7.92. The number of nitrogens with zero attached hydrogens (tertiary/aromatic N) is 2. The molecule has 1 heterocycles. The minimum Gasteiger partial charge on any atom is -0.354 e. The van der Waals surface area contributed by atoms with Gasteiger partial charge in [-0.15, -0.1) is 0 Å². The van der Waals surface area contributed by atoms with Crippen LogP contribution in [-0.2, 0) is 10.5 Å². The zero-order valence-corrected chi connectivity index (χ0v) is 14.4. The Hall–Kier alpha value is -1.04. The molecule has 0 aliphatic carbocycles. The Morgan fingerprint density at radius 3 is 2.82 bits per heavy atom. The number of likely N-dealkylation sites (N-methyl/N-ethyl adjacent to an activating group) is 1. The number of rotatable bonds is 8. The Labute approximate surface area is 138 Å². The SMILES string of the molecule is CN(C)[C@@H]1CCN(CC(=O)NCCSCc2ccccc2)C1. The minimum atomic E-state index is 0.153. The van der Waals surface area contributed by atoms with Crippen molar-refractivity contribution in [2.24, 2.45) is 0 Å². The Balaban J connectivity index is 1.53. The fourth-order valence-electron chi connectivity index (χ4n) is 2.66. The maximum absolute atomic E-state index is 11.9. The molecule has 4 nitrogen and oxygen atoms in total. The van der Waals surface area contributed by atoms with Gasteiger partial charge in [0.25, 0.3) is 0 Å². The first-order chi connectivity index (χ1) is 10.6. The van der Waals surface area contributed by atoms with Crippen molar-refractivity contribution in [3.8, 4) is 0 Å². The van der Waals surface area contributed by atoms with Gasteiger partial charge in [-0.1, -0.05) is 30.3 Å². The van der Waals surface area contributed by atoms with Crippen LogP contribution in [0.2, 0.25) is 0 Å². The highest BCUT2D eigenvalue weighted by atomic mass is 32.2. The lowest BCUT2D eigenvalue weighted by Crippen LogP contribution is -2.38. The number of hydrogen-bond donors (Lipinski definition) is 1. The van der Waals surface area contributed by atoms with Gasteiger partial charge >= 0.3 is 0 Å². The quantitative estimate of drug-likeness (QED) is 0.739. The van der Waals surface area contributed by atoms with Crippen LogP contribution in [0.4, 0.5) is 0 Å². The van der Waals surface area contributed by atoms with E-state index in [1.54, 1.807) is 0 Å². The molecule has 2 rings (SSSR count). The summed E-state index contributed by atoms with van der Waals surface area (Å²) < 4.78 is 0. The van der Waals surface area contributed by atoms with E-state index >= 15 is 0 Å². The summed E-state index contributed by atoms with van der Waals surface area (Å²) in [5.74, 6) is 2.12. The molecule has 0 spiro atoms. The second kappa shape index (κ2) is 9.18. The molecule has 1 aliphatic heterocycles. The summed E-state index contributed by atoms with van der Waals surface area (Å²) in [6, 6.07) is 11.0. The normalized spacial score (nSPS) is 18.8. The second-order valence-electron chi connectivity index (χ2n) is 6.03. The van der Waals surface area contributed by atoms with E-state index in [0.29, 0.717) is 12.6 Å². The highest BCUT2D eigenvalue weighted by Crippen LogP contribution is 2.12. The standard InChI is InChI=1S/C17H27N3OS/c1-19(2)16-8-10-20(12-16)13-17(21)18-9-11-22-14-15-6-4-3-5-7-15/h3-7,16H,8-14H2,1-2H3,(H,18,21)/t16-/m1/s1. The monoisotopic (exact) mass is 321 g/mol. The van der Waals surface area contributed by atoms with E-state index in [4.69, 9.17) is 0 Å². The summed E-state index contributed by atoms with van der Waals surface area (Å²) in [5, 5.41) is 3.02. The average Bonchev–Trinajstić information content (AvgIpc) is 2.96. The molecule has 0 saturated carbocycles. The highest BCUT2D eigenvalue weighted by molar-refractivity contribution is 7.98. The largest absolute Gasteiger partial charge is 0.354 e. The van der Waals surface area contributed by atoms with Gasteiger partial charge in [-0.2, -0.15) is 11.8 Å². The molecule has 122 valence electrons. The Morgan fingerprint density at radius 2 is 2.14 bits per heavy atom. The van der Waals surface area contributed by atoms with Crippen LogP contribution in [0, 0.1) is 0 Å². The fraction of sp³-hybridized carbons (Fsp3) is 0.588. The van der Waals surface area contributed by atoms with E-state index < -0.39 is 0 Å². The number of thioether (sulfide) groups is 1. The van der Waals surface area contributed by atoms with Crippen molar-refractivity contribution in [1.29, 1.82) is 0 Å². The van der Waals surface area contributed by atoms with Gasteiger partial charge in [0.05, 0.1) is 6.54 Å². The number of amides is 1. The van der Waals surface area contributed by atoms with E-state index in [-0.39, 0.29) is 5.91 Å². The molecule has 22 heavy (non-hydrogen) atoms. The molecule has 1 fully saturated rings. The Kier molecular flexibility index (Phi) is 7.22. The van der Waals surface area contributed by atoms with Gasteiger partial charge in [0.1, 0.15) is 0 Å². The number of benzene rings is 1. The minimum absolute atomic E-state index is 0.153. The molecular weight excluding hydrogens is 294 g/mol. The molecule has 1 saturated heterocycles. The molecule has 1 aromatic rings. The van der Waals surface area contributed by atoms with Crippen molar-refractivity contribution in [3.05, 3.63) is 35.9 Å². The van der Waals surface area contributed by atoms with Gasteiger partial charge < -0.3 is 10.2 Å². The summed E-state index contributed by atoms with van der Waals surface area (Å²) in [7, 11) is 4.22. The molecular formula is C17H27N3OS. The lowest BCUT2D eigenvalue weighted by atomic mass is 10.2. The van der Waals surface area contributed by atoms with Crippen LogP contribution in [0.25, 0.3) is 0 Å². The molecule has 1 aliphatic rings. The van der Waals surface area contributed by atoms with Crippen molar-refractivity contribution in [1.82, 2.24) is 15.1 Å². The third-order valence-corrected chi connectivity index (χ3v) is 5.06. The van der Waals surface area contributed by atoms with Crippen LogP contribution in [0.15, 0.2) is 30.3 Å². The number of carbonyl (C=O) groups excluding carboxylic acids is 1. The van der Waals surface area contributed by atoms with Crippen LogP contribution in [0.5, 0.6) is 0 Å². The summed E-state index contributed by atoms with van der Waals surface area (Å²) in [6.45, 7) is 3.32. The lowest BCUT2D eigenvalue weighted by Gasteiger charge is -2.20. The number of hydrogen-bond acceptors (Lipinski definition) is 4. The molecule has 1 aromatic carbocycles. The van der Waals surface area contributed by atoms with Gasteiger partial charge in [-0.3, -0.25) is 9.69 Å². The molecule has 1 N–H and O–H groups in total. The van der Waals surface area contributed by atoms with Gasteiger partial charge in [-0.25, -0.2) is 0 Å². The smallest absolute Gasteiger partial charge is 0.234 e. The Bertz CT molecular complexity index is 452. The third-order valence-electron chi connectivity index (χ3n) is 4.03.